The Morgan fingerprint density at radius 3 is 1.89 bits per heavy atom. The Bertz CT molecular complexity index is 1850. The first-order valence-electron chi connectivity index (χ1n) is 13.9. The van der Waals surface area contributed by atoms with E-state index in [0.29, 0.717) is 29.7 Å². The maximum atomic E-state index is 13.3. The number of para-hydroxylation sites is 2. The fourth-order valence-corrected chi connectivity index (χ4v) is 5.80. The molecule has 2 aromatic carbocycles. The summed E-state index contributed by atoms with van der Waals surface area (Å²) < 4.78 is 68.6. The highest BCUT2D eigenvalue weighted by atomic mass is 32.2. The van der Waals surface area contributed by atoms with Gasteiger partial charge in [-0.05, 0) is 12.1 Å². The molecule has 3 heterocycles. The number of nitrogens with zero attached hydrogens (tertiary/aromatic N) is 3. The average molecular weight is 661 g/mol. The van der Waals surface area contributed by atoms with Gasteiger partial charge in [0.1, 0.15) is 5.69 Å². The van der Waals surface area contributed by atoms with Gasteiger partial charge < -0.3 is 14.0 Å². The minimum atomic E-state index is -3.56. The van der Waals surface area contributed by atoms with Gasteiger partial charge >= 0.3 is 0 Å². The first-order valence-corrected chi connectivity index (χ1v) is 17.5. The predicted octanol–water partition coefficient (Wildman–Crippen LogP) is 1.54. The monoisotopic (exact) mass is 660 g/mol. The van der Waals surface area contributed by atoms with Crippen LogP contribution in [-0.4, -0.2) is 95.2 Å². The Morgan fingerprint density at radius 1 is 0.689 bits per heavy atom. The SMILES string of the molecule is CS(=O)(=O)OCCOCCn1cc(C2=C(c3nn(CCOCCOS(C)(=O)=O)c4ccccc34)C(=O)NC2=O)c2ccccc21. The number of hydrogen-bond donors (Lipinski definition) is 1. The Morgan fingerprint density at radius 2 is 1.24 bits per heavy atom. The molecule has 0 spiro atoms. The third-order valence-electron chi connectivity index (χ3n) is 6.86. The summed E-state index contributed by atoms with van der Waals surface area (Å²) in [7, 11) is -7.11. The number of rotatable bonds is 16. The van der Waals surface area contributed by atoms with E-state index in [0.717, 1.165) is 28.9 Å². The number of hydrogen-bond acceptors (Lipinski definition) is 11. The number of nitrogens with one attached hydrogen (secondary N) is 1. The fourth-order valence-electron chi connectivity index (χ4n) is 5.06. The molecule has 2 amide bonds. The standard InChI is InChI=1S/C29H32N4O10S2/c1-44(36,37)42-17-15-40-13-11-32-19-22(20-7-3-5-9-23(20)32)25-26(29(35)30-28(25)34)27-21-8-4-6-10-24(21)33(31-27)12-14-41-16-18-43-45(2,38)39/h3-10,19H,11-18H2,1-2H3,(H,30,34,35). The summed E-state index contributed by atoms with van der Waals surface area (Å²) in [5.74, 6) is -1.11. The van der Waals surface area contributed by atoms with E-state index in [9.17, 15) is 26.4 Å². The Kier molecular flexibility index (Phi) is 9.81. The zero-order chi connectivity index (χ0) is 32.2. The van der Waals surface area contributed by atoms with Gasteiger partial charge in [-0.15, -0.1) is 0 Å². The van der Waals surface area contributed by atoms with E-state index < -0.39 is 32.1 Å². The highest BCUT2D eigenvalue weighted by molar-refractivity contribution is 7.86. The number of aromatic nitrogens is 3. The summed E-state index contributed by atoms with van der Waals surface area (Å²) in [6.07, 6.45) is 3.73. The molecule has 240 valence electrons. The average Bonchev–Trinajstić information content (AvgIpc) is 3.61. The van der Waals surface area contributed by atoms with E-state index in [4.69, 9.17) is 18.8 Å². The van der Waals surface area contributed by atoms with E-state index in [2.05, 4.69) is 9.50 Å². The number of fused-ring (bicyclic) bond motifs is 2. The molecular formula is C29H32N4O10S2. The van der Waals surface area contributed by atoms with Crippen LogP contribution >= 0.6 is 0 Å². The molecule has 0 saturated carbocycles. The van der Waals surface area contributed by atoms with Crippen LogP contribution in [-0.2, 0) is 60.8 Å². The van der Waals surface area contributed by atoms with E-state index in [1.807, 2.05) is 53.1 Å². The molecule has 0 atom stereocenters. The molecule has 14 nitrogen and oxygen atoms in total. The van der Waals surface area contributed by atoms with Crippen LogP contribution in [0, 0.1) is 0 Å². The van der Waals surface area contributed by atoms with E-state index in [-0.39, 0.29) is 50.8 Å². The van der Waals surface area contributed by atoms with Gasteiger partial charge in [-0.1, -0.05) is 36.4 Å². The van der Waals surface area contributed by atoms with E-state index in [1.165, 1.54) is 0 Å². The fraction of sp³-hybridized carbons (Fsp3) is 0.345. The van der Waals surface area contributed by atoms with Crippen molar-refractivity contribution in [3.63, 3.8) is 0 Å². The molecule has 1 aliphatic rings. The Labute approximate surface area is 259 Å². The lowest BCUT2D eigenvalue weighted by atomic mass is 9.97. The summed E-state index contributed by atoms with van der Waals surface area (Å²) in [4.78, 5) is 26.6. The van der Waals surface area contributed by atoms with Crippen molar-refractivity contribution in [1.82, 2.24) is 19.7 Å². The number of carbonyl (C=O) groups excluding carboxylic acids is 2. The lowest BCUT2D eigenvalue weighted by molar-refractivity contribution is -0.122. The smallest absolute Gasteiger partial charge is 0.264 e. The predicted molar refractivity (Wildman–Crippen MR) is 165 cm³/mol. The van der Waals surface area contributed by atoms with Crippen LogP contribution < -0.4 is 5.32 Å². The van der Waals surface area contributed by atoms with Gasteiger partial charge in [0.05, 0.1) is 75.4 Å². The summed E-state index contributed by atoms with van der Waals surface area (Å²) in [6.45, 7) is 1.08. The molecule has 45 heavy (non-hydrogen) atoms. The Hall–Kier alpha value is -3.93. The molecule has 0 aliphatic carbocycles. The molecule has 0 saturated heterocycles. The first kappa shape index (κ1) is 32.5. The van der Waals surface area contributed by atoms with Crippen molar-refractivity contribution in [1.29, 1.82) is 0 Å². The van der Waals surface area contributed by atoms with Gasteiger partial charge in [-0.2, -0.15) is 21.9 Å². The molecule has 0 unspecified atom stereocenters. The molecule has 1 aliphatic heterocycles. The highest BCUT2D eigenvalue weighted by Crippen LogP contribution is 2.37. The van der Waals surface area contributed by atoms with Crippen molar-refractivity contribution in [2.45, 2.75) is 13.1 Å². The summed E-state index contributed by atoms with van der Waals surface area (Å²) in [5.41, 5.74) is 2.78. The molecule has 0 fully saturated rings. The molecule has 0 radical (unpaired) electrons. The van der Waals surface area contributed by atoms with Crippen LogP contribution in [0.1, 0.15) is 11.3 Å². The van der Waals surface area contributed by atoms with Crippen molar-refractivity contribution in [3.8, 4) is 0 Å². The van der Waals surface area contributed by atoms with Gasteiger partial charge in [-0.3, -0.25) is 28.0 Å². The van der Waals surface area contributed by atoms with Crippen molar-refractivity contribution in [2.75, 3.05) is 52.2 Å². The van der Waals surface area contributed by atoms with Crippen LogP contribution in [0.4, 0.5) is 0 Å². The minimum Gasteiger partial charge on any atom is -0.377 e. The highest BCUT2D eigenvalue weighted by Gasteiger charge is 2.36. The van der Waals surface area contributed by atoms with Crippen LogP contribution in [0.3, 0.4) is 0 Å². The van der Waals surface area contributed by atoms with Crippen molar-refractivity contribution < 1.29 is 44.3 Å². The number of imide groups is 1. The number of carbonyl (C=O) groups is 2. The number of benzene rings is 2. The largest absolute Gasteiger partial charge is 0.377 e. The zero-order valence-corrected chi connectivity index (χ0v) is 26.2. The molecule has 5 rings (SSSR count). The van der Waals surface area contributed by atoms with Crippen molar-refractivity contribution in [2.24, 2.45) is 0 Å². The second kappa shape index (κ2) is 13.6. The molecule has 0 bridgehead atoms. The lowest BCUT2D eigenvalue weighted by Crippen LogP contribution is -2.23. The maximum Gasteiger partial charge on any atom is 0.264 e. The van der Waals surface area contributed by atoms with Crippen molar-refractivity contribution >= 4 is 65.0 Å². The first-order chi connectivity index (χ1) is 21.4. The summed E-state index contributed by atoms with van der Waals surface area (Å²) in [6, 6.07) is 14.8. The third kappa shape index (κ3) is 7.84. The van der Waals surface area contributed by atoms with Crippen LogP contribution in [0.25, 0.3) is 33.0 Å². The van der Waals surface area contributed by atoms with Gasteiger partial charge in [-0.25, -0.2) is 0 Å². The second-order valence-electron chi connectivity index (χ2n) is 10.2. The van der Waals surface area contributed by atoms with Crippen LogP contribution in [0.2, 0.25) is 0 Å². The zero-order valence-electron chi connectivity index (χ0n) is 24.6. The van der Waals surface area contributed by atoms with E-state index >= 15 is 0 Å². The van der Waals surface area contributed by atoms with Crippen molar-refractivity contribution in [3.05, 3.63) is 66.0 Å². The van der Waals surface area contributed by atoms with Crippen LogP contribution in [0.5, 0.6) is 0 Å². The van der Waals surface area contributed by atoms with Gasteiger partial charge in [0.25, 0.3) is 32.1 Å². The Balaban J connectivity index is 1.43. The quantitative estimate of drug-likeness (QED) is 0.105. The maximum absolute atomic E-state index is 13.3. The summed E-state index contributed by atoms with van der Waals surface area (Å²) in [5, 5.41) is 8.58. The molecule has 4 aromatic rings. The third-order valence-corrected chi connectivity index (χ3v) is 8.05. The molecular weight excluding hydrogens is 628 g/mol. The second-order valence-corrected chi connectivity index (χ2v) is 13.4. The van der Waals surface area contributed by atoms with E-state index in [1.54, 1.807) is 10.9 Å². The normalized spacial score (nSPS) is 14.3. The molecule has 2 aromatic heterocycles. The lowest BCUT2D eigenvalue weighted by Gasteiger charge is -2.07. The molecule has 16 heteroatoms. The van der Waals surface area contributed by atoms with Crippen LogP contribution in [0.15, 0.2) is 54.7 Å². The van der Waals surface area contributed by atoms with Gasteiger partial charge in [0, 0.05) is 34.6 Å². The van der Waals surface area contributed by atoms with Gasteiger partial charge in [0.15, 0.2) is 0 Å². The minimum absolute atomic E-state index is 0.0644. The summed E-state index contributed by atoms with van der Waals surface area (Å²) >= 11 is 0. The topological polar surface area (TPSA) is 174 Å². The number of amides is 2. The number of ether oxygens (including phenoxy) is 2. The molecule has 1 N–H and O–H groups in total. The van der Waals surface area contributed by atoms with Gasteiger partial charge in [0.2, 0.25) is 0 Å².